The van der Waals surface area contributed by atoms with Crippen molar-refractivity contribution in [2.45, 2.75) is 140 Å². The summed E-state index contributed by atoms with van der Waals surface area (Å²) in [4.78, 5) is 95.0. The third-order valence-electron chi connectivity index (χ3n) is 11.4. The molecule has 0 bridgehead atoms. The average molecular weight is 859 g/mol. The zero-order valence-corrected chi connectivity index (χ0v) is 37.9. The molecule has 6 amide bonds. The minimum Gasteiger partial charge on any atom is -0.480 e. The predicted octanol–water partition coefficient (Wildman–Crippen LogP) is 2.93. The van der Waals surface area contributed by atoms with Gasteiger partial charge in [0.2, 0.25) is 35.4 Å². The summed E-state index contributed by atoms with van der Waals surface area (Å²) in [5.74, 6) is -3.82. The first kappa shape index (κ1) is 51.1. The van der Waals surface area contributed by atoms with Gasteiger partial charge in [-0.1, -0.05) is 76.0 Å². The summed E-state index contributed by atoms with van der Waals surface area (Å²) in [5, 5.41) is 17.6. The molecule has 58 heavy (non-hydrogen) atoms. The number of likely N-dealkylation sites (N-methyl/N-ethyl adjacent to an activating group) is 2. The van der Waals surface area contributed by atoms with E-state index in [0.717, 1.165) is 19.3 Å². The third kappa shape index (κ3) is 15.2. The molecule has 0 radical (unpaired) electrons. The lowest BCUT2D eigenvalue weighted by Crippen LogP contribution is -2.55. The number of hydrogen-bond acceptors (Lipinski definition) is 11. The first-order valence-electron chi connectivity index (χ1n) is 20.6. The Morgan fingerprint density at radius 1 is 0.862 bits per heavy atom. The van der Waals surface area contributed by atoms with Gasteiger partial charge in [-0.3, -0.25) is 33.6 Å². The van der Waals surface area contributed by atoms with Gasteiger partial charge in [-0.25, -0.2) is 0 Å². The molecule has 0 aromatic heterocycles. The van der Waals surface area contributed by atoms with Crippen molar-refractivity contribution in [1.29, 1.82) is 0 Å². The van der Waals surface area contributed by atoms with E-state index >= 15 is 0 Å². The monoisotopic (exact) mass is 858 g/mol. The van der Waals surface area contributed by atoms with E-state index < -0.39 is 60.6 Å². The van der Waals surface area contributed by atoms with E-state index in [4.69, 9.17) is 14.6 Å². The minimum absolute atomic E-state index is 0.0116. The van der Waals surface area contributed by atoms with Crippen LogP contribution in [0.15, 0.2) is 0 Å². The fourth-order valence-electron chi connectivity index (χ4n) is 7.89. The smallest absolute Gasteiger partial charge is 0.322 e. The molecule has 2 aliphatic rings. The van der Waals surface area contributed by atoms with E-state index in [9.17, 15) is 33.6 Å². The first-order chi connectivity index (χ1) is 27.4. The molecular weight excluding hydrogens is 789 g/mol. The van der Waals surface area contributed by atoms with Gasteiger partial charge in [0.05, 0.1) is 48.4 Å². The minimum atomic E-state index is -1.16. The number of carboxylic acids is 1. The number of rotatable bonds is 25. The Morgan fingerprint density at radius 3 is 2.10 bits per heavy atom. The van der Waals surface area contributed by atoms with Crippen LogP contribution in [0.5, 0.6) is 0 Å². The highest BCUT2D eigenvalue weighted by atomic mass is 33.1. The topological polar surface area (TPSA) is 204 Å². The Morgan fingerprint density at radius 2 is 1.53 bits per heavy atom. The number of aliphatic carboxylic acids is 1. The molecule has 2 saturated heterocycles. The lowest BCUT2D eigenvalue weighted by atomic mass is 9.90. The Labute approximate surface area is 353 Å². The van der Waals surface area contributed by atoms with Gasteiger partial charge < -0.3 is 45.2 Å². The molecule has 0 aromatic rings. The van der Waals surface area contributed by atoms with Crippen molar-refractivity contribution in [2.75, 3.05) is 54.5 Å². The lowest BCUT2D eigenvalue weighted by Gasteiger charge is -2.39. The Balaban J connectivity index is 1.99. The predicted molar refractivity (Wildman–Crippen MR) is 226 cm³/mol. The van der Waals surface area contributed by atoms with Crippen molar-refractivity contribution in [1.82, 2.24) is 30.7 Å². The van der Waals surface area contributed by atoms with E-state index in [2.05, 4.69) is 22.9 Å². The molecule has 9 unspecified atom stereocenters. The molecule has 332 valence electrons. The summed E-state index contributed by atoms with van der Waals surface area (Å²) in [6, 6.07) is -1.73. The van der Waals surface area contributed by atoms with E-state index in [1.165, 1.54) is 24.0 Å². The number of nitrogens with zero attached hydrogens (tertiary/aromatic N) is 3. The molecule has 0 aliphatic carbocycles. The second-order valence-corrected chi connectivity index (χ2v) is 18.9. The fourth-order valence-corrected chi connectivity index (χ4v) is 10.9. The van der Waals surface area contributed by atoms with Crippen LogP contribution < -0.4 is 16.0 Å². The quantitative estimate of drug-likeness (QED) is 0.0774. The second kappa shape index (κ2) is 25.5. The van der Waals surface area contributed by atoms with Crippen LogP contribution in [0.4, 0.5) is 0 Å². The second-order valence-electron chi connectivity index (χ2n) is 16.0. The molecule has 0 saturated carbocycles. The molecule has 0 spiro atoms. The average Bonchev–Trinajstić information content (AvgIpc) is 3.86. The summed E-state index contributed by atoms with van der Waals surface area (Å²) in [6.45, 7) is 11.6. The molecule has 0 aromatic carbocycles. The third-order valence-corrected chi connectivity index (χ3v) is 14.7. The van der Waals surface area contributed by atoms with Gasteiger partial charge in [0.25, 0.3) is 0 Å². The van der Waals surface area contributed by atoms with Gasteiger partial charge in [-0.2, -0.15) is 0 Å². The number of methoxy groups -OCH3 is 2. The van der Waals surface area contributed by atoms with Gasteiger partial charge in [0.15, 0.2) is 0 Å². The number of carboxylic acid groups (broad SMARTS) is 1. The fraction of sp³-hybridized carbons (Fsp3) is 0.825. The first-order valence-corrected chi connectivity index (χ1v) is 22.9. The highest BCUT2D eigenvalue weighted by Gasteiger charge is 2.42. The summed E-state index contributed by atoms with van der Waals surface area (Å²) in [7, 11) is 9.56. The molecule has 2 heterocycles. The Bertz CT molecular complexity index is 1390. The Hall–Kier alpha value is -3.09. The zero-order valence-electron chi connectivity index (χ0n) is 36.2. The van der Waals surface area contributed by atoms with Crippen molar-refractivity contribution in [3.8, 4) is 0 Å². The summed E-state index contributed by atoms with van der Waals surface area (Å²) in [6.07, 6.45) is 3.84. The number of unbranched alkanes of at least 4 members (excludes halogenated alkanes) is 2. The molecule has 2 rings (SSSR count). The molecule has 18 heteroatoms. The molecule has 16 nitrogen and oxygen atoms in total. The number of carbonyl (C=O) groups excluding carboxylic acids is 6. The van der Waals surface area contributed by atoms with Crippen molar-refractivity contribution in [2.24, 2.45) is 17.8 Å². The van der Waals surface area contributed by atoms with Crippen molar-refractivity contribution in [3.63, 3.8) is 0 Å². The van der Waals surface area contributed by atoms with Crippen LogP contribution in [0.3, 0.4) is 0 Å². The maximum absolute atomic E-state index is 13.9. The van der Waals surface area contributed by atoms with Crippen LogP contribution in [-0.2, 0) is 43.0 Å². The van der Waals surface area contributed by atoms with Crippen LogP contribution in [0, 0.1) is 17.8 Å². The molecule has 9 atom stereocenters. The standard InChI is InChI=1S/C40H70N6O10S2/c1-11-25(4)36(29(55-9)21-32(48)46-19-15-16-28(46)37(56-10)27(6)38(52)43-23-34(50)51)45(8)33(49)22-42-40(54)35(24(2)3)44(7)31(47)17-13-12-14-18-41-39(53)30-20-26(5)57-58-30/h24-30,35-37H,11-23H2,1-10H3,(H,41,53)(H,42,54)(H,43,52)(H,50,51). The summed E-state index contributed by atoms with van der Waals surface area (Å²) in [5.41, 5.74) is 0. The number of carbonyl (C=O) groups is 7. The molecular formula is C40H70N6O10S2. The van der Waals surface area contributed by atoms with Crippen LogP contribution >= 0.6 is 21.6 Å². The van der Waals surface area contributed by atoms with Crippen molar-refractivity contribution in [3.05, 3.63) is 0 Å². The Kier molecular flexibility index (Phi) is 22.5. The normalized spacial score (nSPS) is 21.0. The number of likely N-dealkylation sites (tertiary alicyclic amines) is 1. The number of nitrogens with one attached hydrogen (secondary N) is 3. The van der Waals surface area contributed by atoms with E-state index in [1.54, 1.807) is 47.5 Å². The lowest BCUT2D eigenvalue weighted by molar-refractivity contribution is -0.146. The van der Waals surface area contributed by atoms with Gasteiger partial charge in [-0.15, -0.1) is 0 Å². The summed E-state index contributed by atoms with van der Waals surface area (Å²) < 4.78 is 11.6. The van der Waals surface area contributed by atoms with Gasteiger partial charge in [0, 0.05) is 53.1 Å². The van der Waals surface area contributed by atoms with Crippen LogP contribution in [0.25, 0.3) is 0 Å². The highest BCUT2D eigenvalue weighted by Crippen LogP contribution is 2.43. The van der Waals surface area contributed by atoms with Crippen molar-refractivity contribution >= 4 is 63.0 Å². The largest absolute Gasteiger partial charge is 0.480 e. The highest BCUT2D eigenvalue weighted by molar-refractivity contribution is 8.77. The van der Waals surface area contributed by atoms with Gasteiger partial charge >= 0.3 is 5.97 Å². The number of amides is 6. The zero-order chi connectivity index (χ0) is 43.7. The number of hydrogen-bond donors (Lipinski definition) is 4. The van der Waals surface area contributed by atoms with Crippen LogP contribution in [0.1, 0.15) is 99.3 Å². The SMILES string of the molecule is CCC(C)C(C(CC(=O)N1CCCC1C(OC)C(C)C(=O)NCC(=O)O)OC)N(C)C(=O)CNC(=O)C(C(C)C)N(C)C(=O)CCCCCNC(=O)C1CC(C)SS1. The molecule has 2 aliphatic heterocycles. The van der Waals surface area contributed by atoms with Crippen molar-refractivity contribution < 1.29 is 48.1 Å². The van der Waals surface area contributed by atoms with Gasteiger partial charge in [-0.05, 0) is 43.9 Å². The summed E-state index contributed by atoms with van der Waals surface area (Å²) >= 11 is 0. The maximum atomic E-state index is 13.9. The number of ether oxygens (including phenoxy) is 2. The molecule has 2 fully saturated rings. The van der Waals surface area contributed by atoms with E-state index in [-0.39, 0.29) is 60.1 Å². The maximum Gasteiger partial charge on any atom is 0.322 e. The molecule has 4 N–H and O–H groups in total. The van der Waals surface area contributed by atoms with Crippen LogP contribution in [-0.4, -0.2) is 157 Å². The van der Waals surface area contributed by atoms with E-state index in [0.29, 0.717) is 44.0 Å². The van der Waals surface area contributed by atoms with Gasteiger partial charge in [0.1, 0.15) is 12.6 Å². The van der Waals surface area contributed by atoms with Crippen LogP contribution in [0.2, 0.25) is 0 Å². The van der Waals surface area contributed by atoms with E-state index in [1.807, 2.05) is 27.7 Å².